The number of carbonyl (C=O) groups is 3. The summed E-state index contributed by atoms with van der Waals surface area (Å²) >= 11 is 8.32. The van der Waals surface area contributed by atoms with Gasteiger partial charge in [-0.1, -0.05) is 28.5 Å². The van der Waals surface area contributed by atoms with Crippen LogP contribution in [0.2, 0.25) is 5.02 Å². The number of benzene rings is 1. The van der Waals surface area contributed by atoms with Crippen molar-refractivity contribution >= 4 is 64.4 Å². The van der Waals surface area contributed by atoms with E-state index in [1.807, 2.05) is 0 Å². The minimum Gasteiger partial charge on any atom is -0.543 e. The standard InChI is InChI=1S/C23H19ClN8O6S2.Na/c1-37-31-14(17-26-7-6-13(25)27-17)18(33)28-15-20(34)32-16(22(35)36)11(8-39-21(15)32)9-40-23-30-29-19(38-23)10-2-4-12(24)5-3-10;/h2-7,15,21H,8-9H2,1H3,(H,28,33)(H,35,36)(H2,25,26,27);/q;+1/p-1/t15?,21-;/m0./s1. The van der Waals surface area contributed by atoms with Gasteiger partial charge >= 0.3 is 29.6 Å². The summed E-state index contributed by atoms with van der Waals surface area (Å²) in [6, 6.07) is 7.25. The summed E-state index contributed by atoms with van der Waals surface area (Å²) < 4.78 is 5.66. The maximum atomic E-state index is 13.0. The Hall–Kier alpha value is -3.15. The number of carboxylic acid groups (broad SMARTS) is 1. The quantitative estimate of drug-likeness (QED) is 0.0820. The topological polar surface area (TPSA) is 202 Å². The van der Waals surface area contributed by atoms with Crippen molar-refractivity contribution in [2.75, 3.05) is 24.3 Å². The molecule has 14 nitrogen and oxygen atoms in total. The van der Waals surface area contributed by atoms with Crippen LogP contribution in [0, 0.1) is 0 Å². The average Bonchev–Trinajstić information content (AvgIpc) is 3.42. The number of halogens is 1. The number of amides is 2. The van der Waals surface area contributed by atoms with E-state index in [9.17, 15) is 19.5 Å². The van der Waals surface area contributed by atoms with Crippen LogP contribution in [-0.4, -0.2) is 78.6 Å². The number of anilines is 1. The number of nitrogens with one attached hydrogen (secondary N) is 1. The van der Waals surface area contributed by atoms with Crippen LogP contribution in [0.3, 0.4) is 0 Å². The Morgan fingerprint density at radius 3 is 2.76 bits per heavy atom. The normalized spacial score (nSPS) is 18.2. The van der Waals surface area contributed by atoms with E-state index in [-0.39, 0.29) is 75.2 Å². The molecule has 0 bridgehead atoms. The fourth-order valence-corrected chi connectivity index (χ4v) is 6.25. The maximum Gasteiger partial charge on any atom is 1.00 e. The number of aromatic nitrogens is 4. The van der Waals surface area contributed by atoms with E-state index in [0.29, 0.717) is 16.2 Å². The molecule has 2 atom stereocenters. The first kappa shape index (κ1) is 30.8. The van der Waals surface area contributed by atoms with Crippen LogP contribution < -0.4 is 45.7 Å². The molecule has 2 aromatic heterocycles. The molecule has 41 heavy (non-hydrogen) atoms. The Bertz CT molecular complexity index is 1550. The molecule has 2 aliphatic heterocycles. The molecule has 206 valence electrons. The predicted molar refractivity (Wildman–Crippen MR) is 143 cm³/mol. The molecule has 0 aliphatic carbocycles. The third-order valence-electron chi connectivity index (χ3n) is 5.68. The van der Waals surface area contributed by atoms with Crippen molar-refractivity contribution in [3.8, 4) is 11.5 Å². The number of fused-ring (bicyclic) bond motifs is 1. The summed E-state index contributed by atoms with van der Waals surface area (Å²) in [5.41, 5.74) is 6.22. The number of rotatable bonds is 9. The van der Waals surface area contributed by atoms with Crippen molar-refractivity contribution < 1.29 is 58.3 Å². The van der Waals surface area contributed by atoms with Crippen LogP contribution in [0.5, 0.6) is 0 Å². The van der Waals surface area contributed by atoms with Crippen molar-refractivity contribution in [3.05, 3.63) is 58.6 Å². The Kier molecular flexibility index (Phi) is 9.93. The summed E-state index contributed by atoms with van der Waals surface area (Å²) in [5, 5.41) is 26.4. The third-order valence-corrected chi connectivity index (χ3v) is 8.18. The van der Waals surface area contributed by atoms with E-state index in [0.717, 1.165) is 16.7 Å². The number of hydrogen-bond acceptors (Lipinski definition) is 14. The molecule has 1 saturated heterocycles. The summed E-state index contributed by atoms with van der Waals surface area (Å²) in [7, 11) is 1.23. The van der Waals surface area contributed by atoms with Gasteiger partial charge in [0, 0.05) is 28.3 Å². The van der Waals surface area contributed by atoms with Crippen molar-refractivity contribution in [1.29, 1.82) is 0 Å². The van der Waals surface area contributed by atoms with Crippen molar-refractivity contribution in [3.63, 3.8) is 0 Å². The Balaban J connectivity index is 0.00000387. The first-order chi connectivity index (χ1) is 19.3. The second-order valence-electron chi connectivity index (χ2n) is 8.20. The SMILES string of the molecule is CON=C(C(=O)NC1C(=O)N2C(C(=O)[O-])=C(CSc3nnc(-c4ccc(Cl)cc4)o3)CS[C@@H]12)c1nccc(N)n1.[Na+]. The monoisotopic (exact) mass is 624 g/mol. The smallest absolute Gasteiger partial charge is 0.543 e. The van der Waals surface area contributed by atoms with Gasteiger partial charge in [0.25, 0.3) is 17.0 Å². The molecule has 0 spiro atoms. The van der Waals surface area contributed by atoms with Gasteiger partial charge < -0.3 is 30.2 Å². The first-order valence-corrected chi connectivity index (χ1v) is 13.8. The largest absolute Gasteiger partial charge is 1.00 e. The number of β-lactam (4-membered cyclic amide) rings is 1. The Morgan fingerprint density at radius 2 is 2.07 bits per heavy atom. The number of carbonyl (C=O) groups excluding carboxylic acids is 3. The number of oxime groups is 1. The van der Waals surface area contributed by atoms with E-state index in [1.54, 1.807) is 24.3 Å². The first-order valence-electron chi connectivity index (χ1n) is 11.4. The zero-order valence-corrected chi connectivity index (χ0v) is 25.8. The summed E-state index contributed by atoms with van der Waals surface area (Å²) in [6.07, 6.45) is 1.34. The number of thioether (sulfide) groups is 2. The van der Waals surface area contributed by atoms with Crippen molar-refractivity contribution in [2.24, 2.45) is 5.16 Å². The number of nitrogens with zero attached hydrogens (tertiary/aromatic N) is 6. The molecule has 1 fully saturated rings. The minimum atomic E-state index is -1.51. The van der Waals surface area contributed by atoms with E-state index in [1.165, 1.54) is 31.1 Å². The zero-order chi connectivity index (χ0) is 28.4. The molecule has 1 aromatic carbocycles. The fourth-order valence-electron chi connectivity index (χ4n) is 3.88. The molecule has 0 saturated carbocycles. The van der Waals surface area contributed by atoms with Gasteiger partial charge in [0.2, 0.25) is 11.6 Å². The molecule has 18 heteroatoms. The van der Waals surface area contributed by atoms with Gasteiger partial charge in [-0.15, -0.1) is 22.0 Å². The molecular weight excluding hydrogens is 607 g/mol. The maximum absolute atomic E-state index is 13.0. The number of carboxylic acids is 1. The molecule has 3 N–H and O–H groups in total. The summed E-state index contributed by atoms with van der Waals surface area (Å²) in [5.74, 6) is -2.24. The Labute approximate surface area is 267 Å². The molecule has 2 amide bonds. The Morgan fingerprint density at radius 1 is 1.32 bits per heavy atom. The summed E-state index contributed by atoms with van der Waals surface area (Å²) in [4.78, 5) is 51.8. The van der Waals surface area contributed by atoms with Crippen LogP contribution in [0.25, 0.3) is 11.5 Å². The fraction of sp³-hybridized carbons (Fsp3) is 0.217. The van der Waals surface area contributed by atoms with Gasteiger partial charge in [-0.2, -0.15) is 0 Å². The van der Waals surface area contributed by atoms with E-state index >= 15 is 0 Å². The van der Waals surface area contributed by atoms with Crippen LogP contribution in [0.1, 0.15) is 5.82 Å². The summed E-state index contributed by atoms with van der Waals surface area (Å²) in [6.45, 7) is 0. The number of nitrogen functional groups attached to an aromatic ring is 1. The minimum absolute atomic E-state index is 0. The van der Waals surface area contributed by atoms with Crippen LogP contribution in [0.4, 0.5) is 5.82 Å². The number of aliphatic carboxylic acids is 1. The molecule has 5 rings (SSSR count). The van der Waals surface area contributed by atoms with Crippen LogP contribution in [-0.2, 0) is 19.2 Å². The van der Waals surface area contributed by atoms with Gasteiger partial charge in [0.15, 0.2) is 5.82 Å². The molecule has 4 heterocycles. The second kappa shape index (κ2) is 13.2. The number of hydrogen-bond donors (Lipinski definition) is 2. The molecule has 2 aliphatic rings. The molecule has 1 unspecified atom stereocenters. The third kappa shape index (κ3) is 6.52. The van der Waals surface area contributed by atoms with E-state index in [4.69, 9.17) is 26.6 Å². The second-order valence-corrected chi connectivity index (χ2v) is 10.7. The van der Waals surface area contributed by atoms with Crippen LogP contribution in [0.15, 0.2) is 62.6 Å². The van der Waals surface area contributed by atoms with Gasteiger partial charge in [0.05, 0.1) is 11.7 Å². The van der Waals surface area contributed by atoms with Crippen molar-refractivity contribution in [1.82, 2.24) is 30.4 Å². The van der Waals surface area contributed by atoms with E-state index < -0.39 is 29.2 Å². The molecule has 0 radical (unpaired) electrons. The van der Waals surface area contributed by atoms with E-state index in [2.05, 4.69) is 30.6 Å². The molecule has 3 aromatic rings. The van der Waals surface area contributed by atoms with Gasteiger partial charge in [-0.25, -0.2) is 9.97 Å². The number of nitrogens with two attached hydrogens (primary N) is 1. The zero-order valence-electron chi connectivity index (χ0n) is 21.4. The van der Waals surface area contributed by atoms with Gasteiger partial charge in [0.1, 0.15) is 24.3 Å². The van der Waals surface area contributed by atoms with Crippen molar-refractivity contribution in [2.45, 2.75) is 16.6 Å². The molecular formula is C23H18ClN8NaO6S2. The van der Waals surface area contributed by atoms with Crippen LogP contribution >= 0.6 is 35.1 Å². The van der Waals surface area contributed by atoms with Gasteiger partial charge in [-0.05, 0) is 35.9 Å². The predicted octanol–water partition coefficient (Wildman–Crippen LogP) is -2.69. The average molecular weight is 625 g/mol. The van der Waals surface area contributed by atoms with Gasteiger partial charge in [-0.3, -0.25) is 14.5 Å².